The van der Waals surface area contributed by atoms with Crippen LogP contribution in [0.3, 0.4) is 0 Å². The highest BCUT2D eigenvalue weighted by Crippen LogP contribution is 2.34. The van der Waals surface area contributed by atoms with Gasteiger partial charge in [0.25, 0.3) is 0 Å². The molecule has 0 spiro atoms. The van der Waals surface area contributed by atoms with Crippen molar-refractivity contribution in [3.05, 3.63) is 23.8 Å². The second kappa shape index (κ2) is 4.08. The lowest BCUT2D eigenvalue weighted by atomic mass is 9.98. The molecule has 0 fully saturated rings. The lowest BCUT2D eigenvalue weighted by Crippen LogP contribution is -2.36. The van der Waals surface area contributed by atoms with Gasteiger partial charge in [-0.05, 0) is 18.2 Å². The molecule has 1 heterocycles. The smallest absolute Gasteiger partial charge is 0.151 e. The Hall–Kier alpha value is -1.26. The van der Waals surface area contributed by atoms with Gasteiger partial charge in [0, 0.05) is 18.0 Å². The first-order valence-electron chi connectivity index (χ1n) is 4.96. The number of hydroxylamine groups is 2. The molecule has 1 aliphatic heterocycles. The number of rotatable bonds is 2. The predicted octanol–water partition coefficient (Wildman–Crippen LogP) is 1.36. The Bertz CT molecular complexity index is 354. The zero-order chi connectivity index (χ0) is 10.8. The Labute approximate surface area is 89.0 Å². The van der Waals surface area contributed by atoms with Gasteiger partial charge in [0.1, 0.15) is 12.5 Å². The molecule has 2 rings (SSSR count). The van der Waals surface area contributed by atoms with E-state index in [-0.39, 0.29) is 6.73 Å². The summed E-state index contributed by atoms with van der Waals surface area (Å²) >= 11 is 0. The van der Waals surface area contributed by atoms with Crippen molar-refractivity contribution in [3.8, 4) is 11.5 Å². The van der Waals surface area contributed by atoms with Crippen molar-refractivity contribution in [2.45, 2.75) is 12.8 Å². The van der Waals surface area contributed by atoms with Crippen molar-refractivity contribution >= 4 is 0 Å². The van der Waals surface area contributed by atoms with Crippen LogP contribution in [0.15, 0.2) is 18.2 Å². The summed E-state index contributed by atoms with van der Waals surface area (Å²) in [4.78, 5) is 5.48. The Kier molecular flexibility index (Phi) is 2.79. The molecule has 0 saturated heterocycles. The summed E-state index contributed by atoms with van der Waals surface area (Å²) in [6.07, 6.45) is 0. The van der Waals surface area contributed by atoms with Crippen molar-refractivity contribution in [1.82, 2.24) is 5.06 Å². The van der Waals surface area contributed by atoms with Crippen LogP contribution in [0.1, 0.15) is 18.4 Å². The van der Waals surface area contributed by atoms with E-state index in [1.54, 1.807) is 12.2 Å². The zero-order valence-corrected chi connectivity index (χ0v) is 8.93. The summed E-state index contributed by atoms with van der Waals surface area (Å²) in [5.41, 5.74) is 1.12. The maximum Gasteiger partial charge on any atom is 0.151 e. The van der Waals surface area contributed by atoms with Crippen molar-refractivity contribution in [3.63, 3.8) is 0 Å². The van der Waals surface area contributed by atoms with E-state index < -0.39 is 0 Å². The molecule has 0 bridgehead atoms. The normalized spacial score (nSPS) is 20.6. The monoisotopic (exact) mass is 209 g/mol. The molecule has 0 radical (unpaired) electrons. The highest BCUT2D eigenvalue weighted by molar-refractivity contribution is 5.43. The fraction of sp³-hybridized carbons (Fsp3) is 0.455. The molecule has 0 saturated carbocycles. The summed E-state index contributed by atoms with van der Waals surface area (Å²) in [6, 6.07) is 5.70. The molecule has 1 N–H and O–H groups in total. The molecular formula is C11H15NO3. The lowest BCUT2D eigenvalue weighted by Gasteiger charge is -2.31. The fourth-order valence-electron chi connectivity index (χ4n) is 1.79. The van der Waals surface area contributed by atoms with Crippen LogP contribution in [0.5, 0.6) is 11.5 Å². The molecule has 0 amide bonds. The first kappa shape index (κ1) is 10.3. The van der Waals surface area contributed by atoms with Crippen molar-refractivity contribution in [2.24, 2.45) is 0 Å². The minimum absolute atomic E-state index is 0.0875. The molecule has 1 aliphatic rings. The number of nitrogens with zero attached hydrogens (tertiary/aromatic N) is 1. The number of ether oxygens (including phenoxy) is 1. The summed E-state index contributed by atoms with van der Waals surface area (Å²) in [5.74, 6) is 1.96. The Morgan fingerprint density at radius 1 is 1.60 bits per heavy atom. The van der Waals surface area contributed by atoms with Crippen molar-refractivity contribution in [1.29, 1.82) is 0 Å². The summed E-state index contributed by atoms with van der Waals surface area (Å²) in [6.45, 7) is 2.70. The molecular weight excluding hydrogens is 194 g/mol. The molecule has 1 unspecified atom stereocenters. The Morgan fingerprint density at radius 2 is 2.40 bits per heavy atom. The topological polar surface area (TPSA) is 41.9 Å². The van der Waals surface area contributed by atoms with Crippen LogP contribution in [0.4, 0.5) is 0 Å². The number of fused-ring (bicyclic) bond motifs is 1. The molecule has 82 valence electrons. The van der Waals surface area contributed by atoms with E-state index in [4.69, 9.17) is 14.7 Å². The molecule has 0 aliphatic carbocycles. The van der Waals surface area contributed by atoms with Crippen LogP contribution >= 0.6 is 0 Å². The first-order chi connectivity index (χ1) is 7.24. The van der Waals surface area contributed by atoms with Crippen LogP contribution in [-0.2, 0) is 0 Å². The summed E-state index contributed by atoms with van der Waals surface area (Å²) in [7, 11) is 1.65. The maximum atomic E-state index is 9.01. The number of aliphatic hydroxyl groups excluding tert-OH is 1. The van der Waals surface area contributed by atoms with E-state index in [0.29, 0.717) is 12.5 Å². The molecule has 1 atom stereocenters. The molecule has 1 aromatic rings. The van der Waals surface area contributed by atoms with E-state index in [1.165, 1.54) is 0 Å². The van der Waals surface area contributed by atoms with Gasteiger partial charge in [0.2, 0.25) is 0 Å². The van der Waals surface area contributed by atoms with Gasteiger partial charge >= 0.3 is 0 Å². The van der Waals surface area contributed by atoms with Gasteiger partial charge in [0.05, 0.1) is 7.11 Å². The van der Waals surface area contributed by atoms with Crippen molar-refractivity contribution in [2.75, 3.05) is 20.4 Å². The highest BCUT2D eigenvalue weighted by Gasteiger charge is 2.23. The highest BCUT2D eigenvalue weighted by atomic mass is 16.7. The minimum Gasteiger partial charge on any atom is -0.497 e. The van der Waals surface area contributed by atoms with E-state index in [2.05, 4.69) is 6.92 Å². The second-order valence-electron chi connectivity index (χ2n) is 3.70. The van der Waals surface area contributed by atoms with Gasteiger partial charge in [-0.15, -0.1) is 5.06 Å². The predicted molar refractivity (Wildman–Crippen MR) is 55.8 cm³/mol. The first-order valence-corrected chi connectivity index (χ1v) is 4.96. The largest absolute Gasteiger partial charge is 0.497 e. The molecule has 4 nitrogen and oxygen atoms in total. The molecule has 4 heteroatoms. The van der Waals surface area contributed by atoms with Gasteiger partial charge in [-0.3, -0.25) is 0 Å². The number of hydrogen-bond donors (Lipinski definition) is 1. The van der Waals surface area contributed by atoms with E-state index in [9.17, 15) is 0 Å². The van der Waals surface area contributed by atoms with Crippen LogP contribution in [-0.4, -0.2) is 30.6 Å². The van der Waals surface area contributed by atoms with E-state index in [0.717, 1.165) is 17.1 Å². The van der Waals surface area contributed by atoms with Gasteiger partial charge in [-0.2, -0.15) is 0 Å². The molecule has 1 aromatic carbocycles. The van der Waals surface area contributed by atoms with Crippen LogP contribution in [0, 0.1) is 0 Å². The van der Waals surface area contributed by atoms with Gasteiger partial charge in [-0.1, -0.05) is 6.92 Å². The van der Waals surface area contributed by atoms with Gasteiger partial charge < -0.3 is 14.7 Å². The lowest BCUT2D eigenvalue weighted by molar-refractivity contribution is -0.126. The molecule has 15 heavy (non-hydrogen) atoms. The summed E-state index contributed by atoms with van der Waals surface area (Å²) in [5, 5.41) is 10.6. The third kappa shape index (κ3) is 1.91. The second-order valence-corrected chi connectivity index (χ2v) is 3.70. The average molecular weight is 209 g/mol. The number of hydrogen-bond acceptors (Lipinski definition) is 4. The van der Waals surface area contributed by atoms with Gasteiger partial charge in [0.15, 0.2) is 5.75 Å². The van der Waals surface area contributed by atoms with Crippen molar-refractivity contribution < 1.29 is 14.7 Å². The van der Waals surface area contributed by atoms with Crippen LogP contribution < -0.4 is 9.57 Å². The third-order valence-electron chi connectivity index (χ3n) is 2.61. The fourth-order valence-corrected chi connectivity index (χ4v) is 1.79. The number of benzene rings is 1. The van der Waals surface area contributed by atoms with Crippen LogP contribution in [0.2, 0.25) is 0 Å². The quantitative estimate of drug-likeness (QED) is 0.798. The number of methoxy groups -OCH3 is 1. The SMILES string of the molecule is COc1ccc2c(c1)C(C)CN(CO)O2. The van der Waals surface area contributed by atoms with Crippen LogP contribution in [0.25, 0.3) is 0 Å². The maximum absolute atomic E-state index is 9.01. The van der Waals surface area contributed by atoms with E-state index in [1.807, 2.05) is 18.2 Å². The molecule has 0 aromatic heterocycles. The van der Waals surface area contributed by atoms with E-state index >= 15 is 0 Å². The summed E-state index contributed by atoms with van der Waals surface area (Å²) < 4.78 is 5.16. The third-order valence-corrected chi connectivity index (χ3v) is 2.61. The average Bonchev–Trinajstić information content (AvgIpc) is 2.28. The Balaban J connectivity index is 2.32. The standard InChI is InChI=1S/C11H15NO3/c1-8-6-12(7-13)15-11-4-3-9(14-2)5-10(8)11/h3-5,8,13H,6-7H2,1-2H3. The number of aliphatic hydroxyl groups is 1. The Morgan fingerprint density at radius 3 is 3.07 bits per heavy atom. The van der Waals surface area contributed by atoms with Gasteiger partial charge in [-0.25, -0.2) is 0 Å². The minimum atomic E-state index is -0.0875. The zero-order valence-electron chi connectivity index (χ0n) is 8.93.